The number of carbonyl (C=O) groups excluding carboxylic acids is 2. The van der Waals surface area contributed by atoms with E-state index in [1.165, 1.54) is 56.3 Å². The van der Waals surface area contributed by atoms with E-state index in [0.29, 0.717) is 5.69 Å². The van der Waals surface area contributed by atoms with Gasteiger partial charge in [0.05, 0.1) is 10.6 Å². The lowest BCUT2D eigenvalue weighted by Crippen LogP contribution is -2.38. The van der Waals surface area contributed by atoms with Crippen molar-refractivity contribution in [3.8, 4) is 0 Å². The number of benzene rings is 2. The van der Waals surface area contributed by atoms with Gasteiger partial charge in [0.1, 0.15) is 5.82 Å². The van der Waals surface area contributed by atoms with Crippen LogP contribution in [0.4, 0.5) is 15.8 Å². The summed E-state index contributed by atoms with van der Waals surface area (Å²) in [5, 5.41) is 2.54. The average molecular weight is 393 g/mol. The molecule has 9 heteroatoms. The topological polar surface area (TPSA) is 95.6 Å². The quantitative estimate of drug-likeness (QED) is 0.753. The van der Waals surface area contributed by atoms with E-state index in [-0.39, 0.29) is 29.6 Å². The summed E-state index contributed by atoms with van der Waals surface area (Å²) in [7, 11) is -3.81. The van der Waals surface area contributed by atoms with Crippen molar-refractivity contribution in [1.29, 1.82) is 0 Å². The van der Waals surface area contributed by atoms with Gasteiger partial charge in [0.2, 0.25) is 21.8 Å². The van der Waals surface area contributed by atoms with Crippen molar-refractivity contribution in [1.82, 2.24) is 4.72 Å². The lowest BCUT2D eigenvalue weighted by atomic mass is 10.2. The molecule has 144 valence electrons. The third kappa shape index (κ3) is 5.60. The highest BCUT2D eigenvalue weighted by molar-refractivity contribution is 7.89. The van der Waals surface area contributed by atoms with Gasteiger partial charge in [0.25, 0.3) is 0 Å². The van der Waals surface area contributed by atoms with Crippen LogP contribution in [0.1, 0.15) is 13.8 Å². The highest BCUT2D eigenvalue weighted by Gasteiger charge is 2.18. The van der Waals surface area contributed by atoms with Crippen molar-refractivity contribution in [3.05, 3.63) is 54.3 Å². The molecule has 0 aromatic heterocycles. The molecule has 2 aromatic rings. The molecule has 2 amide bonds. The number of hydrogen-bond donors (Lipinski definition) is 2. The van der Waals surface area contributed by atoms with E-state index in [1.54, 1.807) is 6.07 Å². The predicted octanol–water partition coefficient (Wildman–Crippen LogP) is 2.12. The standard InChI is InChI=1S/C18H20FN3O4S/c1-13(23)21-15-7-9-16(10-8-15)27(25,26)20-11-12-22(14(2)24)18-6-4-3-5-17(18)19/h3-10,20H,11-12H2,1-2H3,(H,21,23). The van der Waals surface area contributed by atoms with Crippen LogP contribution in [0.2, 0.25) is 0 Å². The van der Waals surface area contributed by atoms with Crippen LogP contribution in [-0.2, 0) is 19.6 Å². The summed E-state index contributed by atoms with van der Waals surface area (Å²) in [4.78, 5) is 24.0. The number of rotatable bonds is 7. The summed E-state index contributed by atoms with van der Waals surface area (Å²) in [6.07, 6.45) is 0. The lowest BCUT2D eigenvalue weighted by molar-refractivity contribution is -0.116. The number of nitrogens with one attached hydrogen (secondary N) is 2. The first kappa shape index (κ1) is 20.5. The molecule has 0 bridgehead atoms. The average Bonchev–Trinajstić information content (AvgIpc) is 2.59. The molecule has 0 aliphatic rings. The zero-order chi connectivity index (χ0) is 20.0. The van der Waals surface area contributed by atoms with Crippen LogP contribution in [0.5, 0.6) is 0 Å². The summed E-state index contributed by atoms with van der Waals surface area (Å²) in [5.41, 5.74) is 0.563. The Morgan fingerprint density at radius 1 is 1.04 bits per heavy atom. The van der Waals surface area contributed by atoms with Gasteiger partial charge in [-0.2, -0.15) is 0 Å². The largest absolute Gasteiger partial charge is 0.326 e. The van der Waals surface area contributed by atoms with E-state index in [9.17, 15) is 22.4 Å². The Morgan fingerprint density at radius 3 is 2.22 bits per heavy atom. The molecule has 2 N–H and O–H groups in total. The van der Waals surface area contributed by atoms with E-state index in [1.807, 2.05) is 0 Å². The minimum Gasteiger partial charge on any atom is -0.326 e. The van der Waals surface area contributed by atoms with Gasteiger partial charge in [-0.1, -0.05) is 12.1 Å². The van der Waals surface area contributed by atoms with Crippen molar-refractivity contribution in [2.45, 2.75) is 18.7 Å². The van der Waals surface area contributed by atoms with Crippen LogP contribution in [0.15, 0.2) is 53.4 Å². The molecule has 27 heavy (non-hydrogen) atoms. The summed E-state index contributed by atoms with van der Waals surface area (Å²) in [6, 6.07) is 11.4. The van der Waals surface area contributed by atoms with E-state index in [2.05, 4.69) is 10.0 Å². The molecule has 7 nitrogen and oxygen atoms in total. The molecular weight excluding hydrogens is 373 g/mol. The zero-order valence-corrected chi connectivity index (χ0v) is 15.7. The van der Waals surface area contributed by atoms with Crippen molar-refractivity contribution < 1.29 is 22.4 Å². The Kier molecular flexibility index (Phi) is 6.65. The van der Waals surface area contributed by atoms with Crippen LogP contribution in [0.3, 0.4) is 0 Å². The van der Waals surface area contributed by atoms with Crippen molar-refractivity contribution in [3.63, 3.8) is 0 Å². The Labute approximate surface area is 157 Å². The number of para-hydroxylation sites is 1. The summed E-state index contributed by atoms with van der Waals surface area (Å²) in [5.74, 6) is -1.23. The monoisotopic (exact) mass is 393 g/mol. The highest BCUT2D eigenvalue weighted by Crippen LogP contribution is 2.19. The smallest absolute Gasteiger partial charge is 0.240 e. The summed E-state index contributed by atoms with van der Waals surface area (Å²) >= 11 is 0. The zero-order valence-electron chi connectivity index (χ0n) is 14.9. The van der Waals surface area contributed by atoms with Gasteiger partial charge in [-0.3, -0.25) is 9.59 Å². The molecule has 0 aliphatic carbocycles. The van der Waals surface area contributed by atoms with Gasteiger partial charge >= 0.3 is 0 Å². The van der Waals surface area contributed by atoms with Crippen molar-refractivity contribution in [2.75, 3.05) is 23.3 Å². The van der Waals surface area contributed by atoms with Gasteiger partial charge in [-0.05, 0) is 36.4 Å². The second-order valence-electron chi connectivity index (χ2n) is 5.73. The fraction of sp³-hybridized carbons (Fsp3) is 0.222. The number of halogens is 1. The number of nitrogens with zero attached hydrogens (tertiary/aromatic N) is 1. The Hall–Kier alpha value is -2.78. The van der Waals surface area contributed by atoms with E-state index in [4.69, 9.17) is 0 Å². The molecule has 0 atom stereocenters. The fourth-order valence-electron chi connectivity index (χ4n) is 2.41. The third-order valence-electron chi connectivity index (χ3n) is 3.64. The minimum atomic E-state index is -3.81. The molecule has 2 aromatic carbocycles. The first-order valence-corrected chi connectivity index (χ1v) is 9.59. The molecular formula is C18H20FN3O4S. The molecule has 0 aliphatic heterocycles. The first-order chi connectivity index (χ1) is 12.7. The highest BCUT2D eigenvalue weighted by atomic mass is 32.2. The van der Waals surface area contributed by atoms with Crippen LogP contribution in [-0.4, -0.2) is 33.3 Å². The Balaban J connectivity index is 2.04. The Morgan fingerprint density at radius 2 is 1.67 bits per heavy atom. The summed E-state index contributed by atoms with van der Waals surface area (Å²) in [6.45, 7) is 2.51. The SMILES string of the molecule is CC(=O)Nc1ccc(S(=O)(=O)NCCN(C(C)=O)c2ccccc2F)cc1. The number of hydrogen-bond acceptors (Lipinski definition) is 4. The predicted molar refractivity (Wildman–Crippen MR) is 100 cm³/mol. The van der Waals surface area contributed by atoms with Crippen LogP contribution < -0.4 is 14.9 Å². The van der Waals surface area contributed by atoms with Gasteiger partial charge in [-0.15, -0.1) is 0 Å². The molecule has 0 radical (unpaired) electrons. The molecule has 0 unspecified atom stereocenters. The molecule has 0 spiro atoms. The molecule has 0 saturated heterocycles. The number of sulfonamides is 1. The van der Waals surface area contributed by atoms with Crippen LogP contribution in [0.25, 0.3) is 0 Å². The maximum atomic E-state index is 13.9. The summed E-state index contributed by atoms with van der Waals surface area (Å²) < 4.78 is 41.0. The molecule has 0 saturated carbocycles. The van der Waals surface area contributed by atoms with Gasteiger partial charge < -0.3 is 10.2 Å². The molecule has 2 rings (SSSR count). The normalized spacial score (nSPS) is 11.1. The van der Waals surface area contributed by atoms with Crippen LogP contribution in [0, 0.1) is 5.82 Å². The lowest BCUT2D eigenvalue weighted by Gasteiger charge is -2.21. The second-order valence-corrected chi connectivity index (χ2v) is 7.49. The Bertz CT molecular complexity index is 930. The number of anilines is 2. The van der Waals surface area contributed by atoms with Crippen molar-refractivity contribution in [2.24, 2.45) is 0 Å². The molecule has 0 heterocycles. The second kappa shape index (κ2) is 8.74. The maximum Gasteiger partial charge on any atom is 0.240 e. The first-order valence-electron chi connectivity index (χ1n) is 8.10. The van der Waals surface area contributed by atoms with Gasteiger partial charge in [0, 0.05) is 32.6 Å². The van der Waals surface area contributed by atoms with E-state index >= 15 is 0 Å². The third-order valence-corrected chi connectivity index (χ3v) is 5.11. The molecule has 0 fully saturated rings. The van der Waals surface area contributed by atoms with E-state index in [0.717, 1.165) is 4.90 Å². The van der Waals surface area contributed by atoms with Crippen molar-refractivity contribution >= 4 is 33.2 Å². The van der Waals surface area contributed by atoms with Crippen LogP contribution >= 0.6 is 0 Å². The van der Waals surface area contributed by atoms with E-state index < -0.39 is 21.7 Å². The van der Waals surface area contributed by atoms with Gasteiger partial charge in [0.15, 0.2) is 0 Å². The number of amides is 2. The fourth-order valence-corrected chi connectivity index (χ4v) is 3.44. The number of carbonyl (C=O) groups is 2. The van der Waals surface area contributed by atoms with Gasteiger partial charge in [-0.25, -0.2) is 17.5 Å². The minimum absolute atomic E-state index is 0.0110. The maximum absolute atomic E-state index is 13.9.